The molecule has 2 nitrogen and oxygen atoms in total. The zero-order valence-corrected chi connectivity index (χ0v) is 14.1. The molecular formula is C15H20BrNOS. The van der Waals surface area contributed by atoms with Gasteiger partial charge in [-0.3, -0.25) is 4.79 Å². The zero-order valence-electron chi connectivity index (χ0n) is 11.7. The van der Waals surface area contributed by atoms with E-state index in [2.05, 4.69) is 46.8 Å². The monoisotopic (exact) mass is 341 g/mol. The van der Waals surface area contributed by atoms with Gasteiger partial charge in [-0.2, -0.15) is 11.8 Å². The maximum atomic E-state index is 11.4. The smallest absolute Gasteiger partial charge is 0.160 e. The number of anilines is 1. The van der Waals surface area contributed by atoms with Crippen molar-refractivity contribution >= 4 is 39.2 Å². The van der Waals surface area contributed by atoms with Gasteiger partial charge in [0.05, 0.1) is 0 Å². The molecule has 0 bridgehead atoms. The molecule has 0 saturated carbocycles. The van der Waals surface area contributed by atoms with Crippen LogP contribution in [-0.4, -0.2) is 29.4 Å². The molecule has 0 atom stereocenters. The molecule has 1 aromatic carbocycles. The summed E-state index contributed by atoms with van der Waals surface area (Å²) >= 11 is 5.55. The molecule has 19 heavy (non-hydrogen) atoms. The molecule has 0 amide bonds. The van der Waals surface area contributed by atoms with Crippen LogP contribution in [0.5, 0.6) is 0 Å². The summed E-state index contributed by atoms with van der Waals surface area (Å²) in [6.45, 7) is 8.38. The van der Waals surface area contributed by atoms with Crippen molar-refractivity contribution < 1.29 is 4.79 Å². The molecule has 0 radical (unpaired) electrons. The summed E-state index contributed by atoms with van der Waals surface area (Å²) in [5, 5.41) is 0. The first-order valence-electron chi connectivity index (χ1n) is 6.58. The number of nitrogens with zero attached hydrogens (tertiary/aromatic N) is 1. The van der Waals surface area contributed by atoms with Gasteiger partial charge in [0.15, 0.2) is 5.78 Å². The average Bonchev–Trinajstić information content (AvgIpc) is 2.49. The summed E-state index contributed by atoms with van der Waals surface area (Å²) < 4.78 is 1.26. The van der Waals surface area contributed by atoms with Gasteiger partial charge in [0.1, 0.15) is 0 Å². The number of ketones is 1. The molecule has 1 heterocycles. The minimum Gasteiger partial charge on any atom is -0.371 e. The molecule has 0 N–H and O–H groups in total. The van der Waals surface area contributed by atoms with Gasteiger partial charge >= 0.3 is 0 Å². The number of hydrogen-bond acceptors (Lipinski definition) is 3. The quantitative estimate of drug-likeness (QED) is 0.744. The van der Waals surface area contributed by atoms with Crippen molar-refractivity contribution in [1.29, 1.82) is 0 Å². The first-order chi connectivity index (χ1) is 8.89. The fraction of sp³-hybridized carbons (Fsp3) is 0.533. The normalized spacial score (nSPS) is 19.1. The Hall–Kier alpha value is -0.480. The Bertz CT molecular complexity index is 487. The van der Waals surface area contributed by atoms with Crippen molar-refractivity contribution in [3.63, 3.8) is 0 Å². The molecule has 0 aromatic heterocycles. The lowest BCUT2D eigenvalue weighted by Crippen LogP contribution is -2.26. The van der Waals surface area contributed by atoms with Crippen LogP contribution in [0, 0.1) is 0 Å². The lowest BCUT2D eigenvalue weighted by Gasteiger charge is -2.24. The average molecular weight is 342 g/mol. The van der Waals surface area contributed by atoms with Crippen molar-refractivity contribution in [1.82, 2.24) is 0 Å². The van der Waals surface area contributed by atoms with E-state index in [0.717, 1.165) is 28.9 Å². The number of Topliss-reactive ketones (excluding diaryl/α,β-unsaturated/α-hetero) is 1. The van der Waals surface area contributed by atoms with Crippen molar-refractivity contribution in [3.05, 3.63) is 28.2 Å². The number of carbonyl (C=O) groups excluding carboxylic acids is 1. The lowest BCUT2D eigenvalue weighted by atomic mass is 10.1. The second-order valence-corrected chi connectivity index (χ2v) is 8.22. The van der Waals surface area contributed by atoms with E-state index >= 15 is 0 Å². The van der Waals surface area contributed by atoms with E-state index in [-0.39, 0.29) is 5.78 Å². The van der Waals surface area contributed by atoms with Crippen LogP contribution in [0.4, 0.5) is 5.69 Å². The molecule has 1 aromatic rings. The van der Waals surface area contributed by atoms with Crippen LogP contribution < -0.4 is 4.90 Å². The van der Waals surface area contributed by atoms with Crippen molar-refractivity contribution in [2.45, 2.75) is 31.9 Å². The summed E-state index contributed by atoms with van der Waals surface area (Å²) in [5.41, 5.74) is 1.96. The number of hydrogen-bond donors (Lipinski definition) is 0. The van der Waals surface area contributed by atoms with Gasteiger partial charge in [0, 0.05) is 39.3 Å². The zero-order chi connectivity index (χ0) is 14.0. The Kier molecular flexibility index (Phi) is 4.62. The van der Waals surface area contributed by atoms with E-state index in [1.54, 1.807) is 6.92 Å². The Morgan fingerprint density at radius 3 is 2.74 bits per heavy atom. The largest absolute Gasteiger partial charge is 0.371 e. The number of thioether (sulfide) groups is 1. The van der Waals surface area contributed by atoms with Gasteiger partial charge in [-0.25, -0.2) is 0 Å². The summed E-state index contributed by atoms with van der Waals surface area (Å²) in [4.78, 5) is 13.9. The molecule has 1 saturated heterocycles. The summed E-state index contributed by atoms with van der Waals surface area (Å²) in [6, 6.07) is 6.05. The number of halogens is 1. The van der Waals surface area contributed by atoms with Gasteiger partial charge in [-0.05, 0) is 47.5 Å². The molecule has 2 rings (SSSR count). The molecule has 1 aliphatic heterocycles. The molecule has 4 heteroatoms. The molecule has 1 aliphatic rings. The number of carbonyl (C=O) groups is 1. The third-order valence-electron chi connectivity index (χ3n) is 3.53. The molecule has 104 valence electrons. The standard InChI is InChI=1S/C15H20BrNOS/c1-11(18)13-5-4-12(10-14(13)16)17-7-6-15(2,3)19-9-8-17/h4-5,10H,6-9H2,1-3H3. The predicted octanol–water partition coefficient (Wildman–Crippen LogP) is 4.37. The molecule has 1 fully saturated rings. The van der Waals surface area contributed by atoms with Gasteiger partial charge in [0.25, 0.3) is 0 Å². The van der Waals surface area contributed by atoms with Crippen LogP contribution in [-0.2, 0) is 0 Å². The Labute approximate surface area is 128 Å². The highest BCUT2D eigenvalue weighted by molar-refractivity contribution is 9.10. The van der Waals surface area contributed by atoms with Crippen molar-refractivity contribution in [2.24, 2.45) is 0 Å². The topological polar surface area (TPSA) is 20.3 Å². The number of benzene rings is 1. The fourth-order valence-electron chi connectivity index (χ4n) is 2.26. The van der Waals surface area contributed by atoms with Crippen LogP contribution >= 0.6 is 27.7 Å². The minimum absolute atomic E-state index is 0.103. The molecule has 0 unspecified atom stereocenters. The third kappa shape index (κ3) is 3.76. The Morgan fingerprint density at radius 2 is 2.11 bits per heavy atom. The minimum atomic E-state index is 0.103. The van der Waals surface area contributed by atoms with Crippen molar-refractivity contribution in [3.8, 4) is 0 Å². The third-order valence-corrected chi connectivity index (χ3v) is 5.56. The highest BCUT2D eigenvalue weighted by Crippen LogP contribution is 2.33. The Balaban J connectivity index is 2.18. The van der Waals surface area contributed by atoms with Crippen LogP contribution in [0.3, 0.4) is 0 Å². The van der Waals surface area contributed by atoms with E-state index < -0.39 is 0 Å². The van der Waals surface area contributed by atoms with Crippen LogP contribution in [0.1, 0.15) is 37.6 Å². The fourth-order valence-corrected chi connectivity index (χ4v) is 4.01. The van der Waals surface area contributed by atoms with E-state index in [1.807, 2.05) is 17.8 Å². The highest BCUT2D eigenvalue weighted by atomic mass is 79.9. The summed E-state index contributed by atoms with van der Waals surface area (Å²) in [7, 11) is 0. The first-order valence-corrected chi connectivity index (χ1v) is 8.36. The van der Waals surface area contributed by atoms with Gasteiger partial charge in [0.2, 0.25) is 0 Å². The van der Waals surface area contributed by atoms with E-state index in [1.165, 1.54) is 12.1 Å². The highest BCUT2D eigenvalue weighted by Gasteiger charge is 2.24. The van der Waals surface area contributed by atoms with Crippen LogP contribution in [0.25, 0.3) is 0 Å². The molecule has 0 spiro atoms. The van der Waals surface area contributed by atoms with E-state index in [9.17, 15) is 4.79 Å². The lowest BCUT2D eigenvalue weighted by molar-refractivity contribution is 0.101. The van der Waals surface area contributed by atoms with Crippen molar-refractivity contribution in [2.75, 3.05) is 23.7 Å². The summed E-state index contributed by atoms with van der Waals surface area (Å²) in [5.74, 6) is 1.25. The van der Waals surface area contributed by atoms with E-state index in [4.69, 9.17) is 0 Å². The van der Waals surface area contributed by atoms with E-state index in [0.29, 0.717) is 4.75 Å². The SMILES string of the molecule is CC(=O)c1ccc(N2CCSC(C)(C)CC2)cc1Br. The molecule has 0 aliphatic carbocycles. The van der Waals surface area contributed by atoms with Crippen LogP contribution in [0.15, 0.2) is 22.7 Å². The van der Waals surface area contributed by atoms with Crippen LogP contribution in [0.2, 0.25) is 0 Å². The predicted molar refractivity (Wildman–Crippen MR) is 87.5 cm³/mol. The van der Waals surface area contributed by atoms with Gasteiger partial charge in [-0.1, -0.05) is 13.8 Å². The second kappa shape index (κ2) is 5.88. The van der Waals surface area contributed by atoms with Gasteiger partial charge < -0.3 is 4.90 Å². The maximum absolute atomic E-state index is 11.4. The Morgan fingerprint density at radius 1 is 1.37 bits per heavy atom. The number of rotatable bonds is 2. The molecular weight excluding hydrogens is 322 g/mol. The maximum Gasteiger partial charge on any atom is 0.160 e. The summed E-state index contributed by atoms with van der Waals surface area (Å²) in [6.07, 6.45) is 1.18. The first kappa shape index (κ1) is 14.9. The van der Waals surface area contributed by atoms with Gasteiger partial charge in [-0.15, -0.1) is 0 Å². The second-order valence-electron chi connectivity index (χ2n) is 5.57.